The molecular formula is C87H114N16O19S. The minimum absolute atomic E-state index is 0.0363. The lowest BCUT2D eigenvalue weighted by atomic mass is 9.99. The Hall–Kier alpha value is -12.9. The number of fused-ring (bicyclic) bond motifs is 1. The molecule has 2 heterocycles. The van der Waals surface area contributed by atoms with Crippen molar-refractivity contribution in [3.63, 3.8) is 0 Å². The van der Waals surface area contributed by atoms with Gasteiger partial charge in [0.25, 0.3) is 0 Å². The number of nitrogens with two attached hydrogens (primary N) is 1. The van der Waals surface area contributed by atoms with E-state index in [2.05, 4.69) is 52.8 Å². The van der Waals surface area contributed by atoms with E-state index in [4.69, 9.17) is 5.73 Å². The molecule has 7 rings (SSSR count). The van der Waals surface area contributed by atoms with Crippen LogP contribution in [0.2, 0.25) is 0 Å². The van der Waals surface area contributed by atoms with Crippen LogP contribution in [-0.2, 0) is 109 Å². The minimum atomic E-state index is -1.88. The molecule has 11 atom stereocenters. The number of carbonyl (C=O) groups excluding carboxylic acids is 15. The summed E-state index contributed by atoms with van der Waals surface area (Å²) in [5, 5.41) is 55.0. The number of aromatic amines is 1. The first kappa shape index (κ1) is 97.2. The smallest absolute Gasteiger partial charge is 0.305 e. The molecular weight excluding hydrogens is 1610 g/mol. The molecule has 0 aliphatic carbocycles. The molecule has 36 heteroatoms. The van der Waals surface area contributed by atoms with Gasteiger partial charge in [-0.3, -0.25) is 76.7 Å². The number of thioether (sulfide) groups is 1. The van der Waals surface area contributed by atoms with Crippen molar-refractivity contribution in [3.05, 3.63) is 167 Å². The van der Waals surface area contributed by atoms with Crippen LogP contribution in [0.15, 0.2) is 140 Å². The van der Waals surface area contributed by atoms with Crippen molar-refractivity contribution >= 4 is 117 Å². The molecule has 35 nitrogen and oxygen atoms in total. The quantitative estimate of drug-likeness (QED) is 0.0480. The molecule has 1 aromatic heterocycles. The number of hydrogen-bond acceptors (Lipinski definition) is 19. The average molecular weight is 1720 g/mol. The fourth-order valence-corrected chi connectivity index (χ4v) is 14.8. The highest BCUT2D eigenvalue weighted by Crippen LogP contribution is 2.24. The van der Waals surface area contributed by atoms with Crippen molar-refractivity contribution < 1.29 is 92.0 Å². The van der Waals surface area contributed by atoms with E-state index in [9.17, 15) is 72.9 Å². The number of para-hydroxylation sites is 1. The number of primary amides is 1. The molecule has 1 saturated heterocycles. The van der Waals surface area contributed by atoms with Gasteiger partial charge < -0.3 is 98.4 Å². The van der Waals surface area contributed by atoms with Gasteiger partial charge in [-0.15, -0.1) is 11.8 Å². The van der Waals surface area contributed by atoms with Gasteiger partial charge in [-0.25, -0.2) is 0 Å². The van der Waals surface area contributed by atoms with E-state index >= 15 is 19.2 Å². The molecule has 0 spiro atoms. The number of benzene rings is 5. The summed E-state index contributed by atoms with van der Waals surface area (Å²) in [4.78, 5) is 240. The molecule has 6 aromatic rings. The maximum Gasteiger partial charge on any atom is 0.305 e. The summed E-state index contributed by atoms with van der Waals surface area (Å²) >= 11 is 0.829. The van der Waals surface area contributed by atoms with E-state index in [0.29, 0.717) is 51.6 Å². The Morgan fingerprint density at radius 3 is 1.52 bits per heavy atom. The fourth-order valence-electron chi connectivity index (χ4n) is 13.9. The number of phenols is 2. The molecule has 5 aromatic carbocycles. The predicted octanol–water partition coefficient (Wildman–Crippen LogP) is 1.10. The standard InChI is InChI=1S/C87H114N16O19S/c1-12-13-28-69-85(120)100(8)47-73(108)92-65(43-75(110)111)82(117)98-76(51(4)5)87(122)101(9)52(6)77(112)96-66(40-56-31-35-59(105)36-32-56)83(118)99(7)46-72(107)91-64(42-57-44-89-61-27-21-20-26-60(57)61)81(116)95-63(38-55-29-33-58(104)34-30-55)80(115)94-62(37-50(2)3)79(114)97-68(78(113)90-45-71(88)106)48-123-49-74(109)93-67(39-53-22-16-14-17-23-53)84(119)103(11)70(86(121)102(69)10)41-54-24-18-15-19-25-54/h14-27,29-36,44,50-52,62-70,76,89,104-105H,12-13,28,37-43,45-49H2,1-11H3,(H2,88,106)(H,90,113)(H,91,107)(H,92,108)(H,93,109)(H,94,115)(H,95,116)(H,96,112)(H,97,114)(H,98,117)(H,110,111). The van der Waals surface area contributed by atoms with Crippen LogP contribution in [0.3, 0.4) is 0 Å². The van der Waals surface area contributed by atoms with Gasteiger partial charge in [-0.05, 0) is 89.8 Å². The Balaban J connectivity index is 1.30. The number of likely N-dealkylation sites (N-methyl/N-ethyl adjacent to an activating group) is 5. The maximum atomic E-state index is 15.4. The largest absolute Gasteiger partial charge is 0.508 e. The zero-order chi connectivity index (χ0) is 90.5. The monoisotopic (exact) mass is 1720 g/mol. The second kappa shape index (κ2) is 46.8. The van der Waals surface area contributed by atoms with E-state index in [0.717, 1.165) is 26.5 Å². The number of carboxylic acid groups (broad SMARTS) is 1. The van der Waals surface area contributed by atoms with E-state index in [1.807, 2.05) is 6.92 Å². The number of phenolic OH excluding ortho intramolecular Hbond substituents is 2. The number of hydrogen-bond donors (Lipinski definition) is 14. The summed E-state index contributed by atoms with van der Waals surface area (Å²) in [5.41, 5.74) is 8.60. The van der Waals surface area contributed by atoms with Crippen LogP contribution in [-0.4, -0.2) is 272 Å². The van der Waals surface area contributed by atoms with Crippen molar-refractivity contribution in [1.82, 2.24) is 77.3 Å². The zero-order valence-corrected chi connectivity index (χ0v) is 71.8. The molecule has 1 aliphatic rings. The molecule has 662 valence electrons. The number of unbranched alkanes of at least 4 members (excludes halogenated alkanes) is 1. The SMILES string of the molecule is CCCCC1C(=O)N(C)CC(=O)NC(CC(=O)O)C(=O)NC(C(C)C)C(=O)N(C)C(C)C(=O)NC(Cc2ccc(O)cc2)C(=O)N(C)CC(=O)NC(Cc2c[nH]c3ccccc23)C(=O)NC(Cc2ccc(O)cc2)C(=O)NC(CC(C)C)C(=O)NC(C(=O)NCC(N)=O)CSCC(=O)NC(Cc2ccccc2)C(=O)N(C)C(Cc2ccccc2)C(=O)N1C. The Labute approximate surface area is 718 Å². The van der Waals surface area contributed by atoms with Gasteiger partial charge in [0.15, 0.2) is 0 Å². The first-order chi connectivity index (χ1) is 58.3. The van der Waals surface area contributed by atoms with Gasteiger partial charge in [-0.2, -0.15) is 0 Å². The van der Waals surface area contributed by atoms with Gasteiger partial charge in [0.05, 0.1) is 31.8 Å². The van der Waals surface area contributed by atoms with Crippen molar-refractivity contribution in [2.45, 2.75) is 172 Å². The van der Waals surface area contributed by atoms with Gasteiger partial charge in [0.1, 0.15) is 78.0 Å². The van der Waals surface area contributed by atoms with Crippen molar-refractivity contribution in [2.75, 3.05) is 66.4 Å². The molecule has 15 N–H and O–H groups in total. The Bertz CT molecular complexity index is 4710. The van der Waals surface area contributed by atoms with Gasteiger partial charge in [0.2, 0.25) is 88.6 Å². The number of H-pyrrole nitrogens is 1. The Kier molecular flexibility index (Phi) is 37.0. The van der Waals surface area contributed by atoms with Crippen molar-refractivity contribution in [2.24, 2.45) is 17.6 Å². The number of carbonyl (C=O) groups is 16. The molecule has 15 amide bonds. The lowest BCUT2D eigenvalue weighted by molar-refractivity contribution is -0.151. The number of aromatic nitrogens is 1. The first-order valence-electron chi connectivity index (χ1n) is 40.6. The molecule has 123 heavy (non-hydrogen) atoms. The summed E-state index contributed by atoms with van der Waals surface area (Å²) in [6.45, 7) is 7.48. The lowest BCUT2D eigenvalue weighted by Gasteiger charge is -2.37. The summed E-state index contributed by atoms with van der Waals surface area (Å²) in [6, 6.07) is 19.0. The first-order valence-corrected chi connectivity index (χ1v) is 41.7. The number of amides is 15. The molecule has 0 radical (unpaired) electrons. The highest BCUT2D eigenvalue weighted by molar-refractivity contribution is 8.00. The van der Waals surface area contributed by atoms with E-state index < -0.39 is 199 Å². The number of rotatable bonds is 21. The van der Waals surface area contributed by atoms with E-state index in [1.54, 1.807) is 119 Å². The van der Waals surface area contributed by atoms with Gasteiger partial charge >= 0.3 is 5.97 Å². The normalized spacial score (nSPS) is 22.4. The third kappa shape index (κ3) is 29.5. The van der Waals surface area contributed by atoms with Crippen LogP contribution in [0, 0.1) is 11.8 Å². The molecule has 0 bridgehead atoms. The number of aromatic hydroxyl groups is 2. The lowest BCUT2D eigenvalue weighted by Crippen LogP contribution is -2.60. The number of nitrogens with one attached hydrogen (secondary N) is 10. The summed E-state index contributed by atoms with van der Waals surface area (Å²) in [7, 11) is 6.47. The van der Waals surface area contributed by atoms with Gasteiger partial charge in [-0.1, -0.05) is 151 Å². The second-order valence-electron chi connectivity index (χ2n) is 31.5. The van der Waals surface area contributed by atoms with E-state index in [1.165, 1.54) is 100 Å². The van der Waals surface area contributed by atoms with Crippen molar-refractivity contribution in [3.8, 4) is 11.5 Å². The van der Waals surface area contributed by atoms with Crippen LogP contribution in [0.5, 0.6) is 11.5 Å². The third-order valence-electron chi connectivity index (χ3n) is 21.0. The Morgan fingerprint density at radius 1 is 0.496 bits per heavy atom. The second-order valence-corrected chi connectivity index (χ2v) is 32.6. The number of nitrogens with zero attached hydrogens (tertiary/aromatic N) is 5. The molecule has 1 fully saturated rings. The molecule has 0 saturated carbocycles. The topological polar surface area (TPSA) is 500 Å². The Morgan fingerprint density at radius 2 is 0.967 bits per heavy atom. The summed E-state index contributed by atoms with van der Waals surface area (Å²) in [5.74, 6) is -17.3. The van der Waals surface area contributed by atoms with Crippen LogP contribution >= 0.6 is 11.8 Å². The van der Waals surface area contributed by atoms with Crippen LogP contribution < -0.4 is 53.6 Å². The minimum Gasteiger partial charge on any atom is -0.508 e. The van der Waals surface area contributed by atoms with E-state index in [-0.39, 0.29) is 68.1 Å². The number of aliphatic carboxylic acids is 1. The van der Waals surface area contributed by atoms with Crippen molar-refractivity contribution in [1.29, 1.82) is 0 Å². The summed E-state index contributed by atoms with van der Waals surface area (Å²) in [6.07, 6.45) is 0.386. The zero-order valence-electron chi connectivity index (χ0n) is 71.0. The molecule has 11 unspecified atom stereocenters. The summed E-state index contributed by atoms with van der Waals surface area (Å²) < 4.78 is 0. The van der Waals surface area contributed by atoms with Crippen LogP contribution in [0.4, 0.5) is 0 Å². The fraction of sp³-hybridized carbons (Fsp3) is 0.448. The third-order valence-corrected chi connectivity index (χ3v) is 22.0. The molecule has 1 aliphatic heterocycles. The predicted molar refractivity (Wildman–Crippen MR) is 458 cm³/mol. The number of carboxylic acids is 1. The van der Waals surface area contributed by atoms with Crippen LogP contribution in [0.1, 0.15) is 101 Å². The van der Waals surface area contributed by atoms with Gasteiger partial charge in [0, 0.05) is 90.2 Å². The maximum absolute atomic E-state index is 15.4. The highest BCUT2D eigenvalue weighted by atomic mass is 32.2. The average Bonchev–Trinajstić information content (AvgIpc) is 1.80. The van der Waals surface area contributed by atoms with Crippen LogP contribution in [0.25, 0.3) is 10.9 Å². The highest BCUT2D eigenvalue weighted by Gasteiger charge is 2.42.